The van der Waals surface area contributed by atoms with Gasteiger partial charge in [-0.25, -0.2) is 0 Å². The van der Waals surface area contributed by atoms with Gasteiger partial charge in [0.15, 0.2) is 0 Å². The molecule has 5 heteroatoms. The van der Waals surface area contributed by atoms with Crippen molar-refractivity contribution in [3.8, 4) is 11.5 Å². The van der Waals surface area contributed by atoms with Crippen LogP contribution < -0.4 is 10.5 Å². The summed E-state index contributed by atoms with van der Waals surface area (Å²) < 4.78 is 5.72. The Kier molecular flexibility index (Phi) is 5.24. The molecule has 3 nitrogen and oxygen atoms in total. The lowest BCUT2D eigenvalue weighted by molar-refractivity contribution is 0.479. The molecule has 0 aliphatic heterocycles. The summed E-state index contributed by atoms with van der Waals surface area (Å²) in [7, 11) is 0. The van der Waals surface area contributed by atoms with Gasteiger partial charge in [0.2, 0.25) is 0 Å². The Balaban J connectivity index is 2.12. The smallest absolute Gasteiger partial charge is 0.145 e. The molecule has 2 aromatic rings. The second-order valence-electron chi connectivity index (χ2n) is 4.58. The highest BCUT2D eigenvalue weighted by Gasteiger charge is 2.05. The van der Waals surface area contributed by atoms with Gasteiger partial charge in [-0.2, -0.15) is 0 Å². The Bertz CT molecular complexity index is 590. The predicted octanol–water partition coefficient (Wildman–Crippen LogP) is 4.46. The van der Waals surface area contributed by atoms with Gasteiger partial charge in [0, 0.05) is 18.3 Å². The Labute approximate surface area is 128 Å². The molecule has 1 unspecified atom stereocenters. The van der Waals surface area contributed by atoms with E-state index in [0.29, 0.717) is 21.5 Å². The van der Waals surface area contributed by atoms with Crippen LogP contribution in [0.1, 0.15) is 18.9 Å². The van der Waals surface area contributed by atoms with Crippen molar-refractivity contribution in [2.45, 2.75) is 25.8 Å². The third-order valence-electron chi connectivity index (χ3n) is 2.92. The molecule has 2 N–H and O–H groups in total. The number of pyridine rings is 1. The first-order chi connectivity index (χ1) is 9.58. The first-order valence-corrected chi connectivity index (χ1v) is 7.16. The van der Waals surface area contributed by atoms with Gasteiger partial charge in [-0.15, -0.1) is 0 Å². The molecule has 1 atom stereocenters. The summed E-state index contributed by atoms with van der Waals surface area (Å²) in [6.07, 6.45) is 5.17. The zero-order chi connectivity index (χ0) is 14.5. The highest BCUT2D eigenvalue weighted by atomic mass is 35.5. The average Bonchev–Trinajstić information content (AvgIpc) is 2.43. The Morgan fingerprint density at radius 2 is 1.95 bits per heavy atom. The lowest BCUT2D eigenvalue weighted by Crippen LogP contribution is -2.21. The topological polar surface area (TPSA) is 48.1 Å². The minimum absolute atomic E-state index is 0.136. The summed E-state index contributed by atoms with van der Waals surface area (Å²) in [4.78, 5) is 4.17. The van der Waals surface area contributed by atoms with Crippen molar-refractivity contribution in [1.82, 2.24) is 4.98 Å². The standard InChI is InChI=1S/C15H16Cl2N2O/c1-2-11(18)5-10-6-13(9-19-8-10)20-12-3-4-14(16)15(17)7-12/h3-4,6-9,11H,2,5,18H2,1H3. The van der Waals surface area contributed by atoms with Crippen LogP contribution in [0.15, 0.2) is 36.7 Å². The molecule has 1 aromatic carbocycles. The zero-order valence-corrected chi connectivity index (χ0v) is 12.7. The first kappa shape index (κ1) is 15.1. The maximum Gasteiger partial charge on any atom is 0.145 e. The fourth-order valence-corrected chi connectivity index (χ4v) is 2.04. The van der Waals surface area contributed by atoms with Gasteiger partial charge in [-0.1, -0.05) is 30.1 Å². The highest BCUT2D eigenvalue weighted by molar-refractivity contribution is 6.42. The summed E-state index contributed by atoms with van der Waals surface area (Å²) in [5.41, 5.74) is 7.00. The number of rotatable bonds is 5. The summed E-state index contributed by atoms with van der Waals surface area (Å²) in [6.45, 7) is 2.06. The van der Waals surface area contributed by atoms with Gasteiger partial charge in [0.05, 0.1) is 16.2 Å². The lowest BCUT2D eigenvalue weighted by Gasteiger charge is -2.10. The van der Waals surface area contributed by atoms with Crippen LogP contribution in [0.5, 0.6) is 11.5 Å². The average molecular weight is 311 g/mol. The zero-order valence-electron chi connectivity index (χ0n) is 11.1. The van der Waals surface area contributed by atoms with Gasteiger partial charge >= 0.3 is 0 Å². The molecule has 2 rings (SSSR count). The van der Waals surface area contributed by atoms with Crippen LogP contribution in [-0.4, -0.2) is 11.0 Å². The fraction of sp³-hybridized carbons (Fsp3) is 0.267. The molecule has 106 valence electrons. The summed E-state index contributed by atoms with van der Waals surface area (Å²) in [6, 6.07) is 7.21. The fourth-order valence-electron chi connectivity index (χ4n) is 1.75. The van der Waals surface area contributed by atoms with Crippen molar-refractivity contribution in [2.24, 2.45) is 5.73 Å². The van der Waals surface area contributed by atoms with E-state index in [0.717, 1.165) is 18.4 Å². The van der Waals surface area contributed by atoms with E-state index in [1.165, 1.54) is 0 Å². The van der Waals surface area contributed by atoms with Crippen LogP contribution in [0.3, 0.4) is 0 Å². The normalized spacial score (nSPS) is 12.2. The molecule has 0 bridgehead atoms. The van der Waals surface area contributed by atoms with Crippen molar-refractivity contribution in [1.29, 1.82) is 0 Å². The van der Waals surface area contributed by atoms with Gasteiger partial charge in [-0.3, -0.25) is 4.98 Å². The van der Waals surface area contributed by atoms with E-state index in [9.17, 15) is 0 Å². The molecule has 0 amide bonds. The summed E-state index contributed by atoms with van der Waals surface area (Å²) in [5.74, 6) is 1.28. The molecular weight excluding hydrogens is 295 g/mol. The highest BCUT2D eigenvalue weighted by Crippen LogP contribution is 2.29. The number of hydrogen-bond donors (Lipinski definition) is 1. The summed E-state index contributed by atoms with van der Waals surface area (Å²) in [5, 5.41) is 0.959. The molecule has 1 aromatic heterocycles. The molecule has 0 aliphatic rings. The van der Waals surface area contributed by atoms with Crippen molar-refractivity contribution in [3.63, 3.8) is 0 Å². The van der Waals surface area contributed by atoms with Crippen LogP contribution in [0.25, 0.3) is 0 Å². The molecule has 0 fully saturated rings. The van der Waals surface area contributed by atoms with Crippen LogP contribution in [0, 0.1) is 0 Å². The number of benzene rings is 1. The van der Waals surface area contributed by atoms with Gasteiger partial charge in [0.1, 0.15) is 11.5 Å². The van der Waals surface area contributed by atoms with E-state index in [2.05, 4.69) is 11.9 Å². The minimum atomic E-state index is 0.136. The molecule has 0 saturated carbocycles. The Morgan fingerprint density at radius 1 is 1.15 bits per heavy atom. The monoisotopic (exact) mass is 310 g/mol. The number of hydrogen-bond acceptors (Lipinski definition) is 3. The molecule has 1 heterocycles. The Hall–Kier alpha value is -1.29. The number of halogens is 2. The van der Waals surface area contributed by atoms with E-state index in [-0.39, 0.29) is 6.04 Å². The van der Waals surface area contributed by atoms with Crippen LogP contribution in [-0.2, 0) is 6.42 Å². The van der Waals surface area contributed by atoms with Gasteiger partial charge < -0.3 is 10.5 Å². The number of nitrogens with zero attached hydrogens (tertiary/aromatic N) is 1. The van der Waals surface area contributed by atoms with Crippen molar-refractivity contribution in [3.05, 3.63) is 52.3 Å². The van der Waals surface area contributed by atoms with E-state index >= 15 is 0 Å². The van der Waals surface area contributed by atoms with E-state index in [1.807, 2.05) is 6.07 Å². The third-order valence-corrected chi connectivity index (χ3v) is 3.66. The summed E-state index contributed by atoms with van der Waals surface area (Å²) >= 11 is 11.8. The van der Waals surface area contributed by atoms with Crippen LogP contribution in [0.4, 0.5) is 0 Å². The quantitative estimate of drug-likeness (QED) is 0.887. The molecule has 0 aliphatic carbocycles. The molecular formula is C15H16Cl2N2O. The number of ether oxygens (including phenoxy) is 1. The number of nitrogens with two attached hydrogens (primary N) is 1. The van der Waals surface area contributed by atoms with Crippen molar-refractivity contribution < 1.29 is 4.74 Å². The predicted molar refractivity (Wildman–Crippen MR) is 82.7 cm³/mol. The van der Waals surface area contributed by atoms with Crippen LogP contribution in [0.2, 0.25) is 10.0 Å². The largest absolute Gasteiger partial charge is 0.456 e. The number of aromatic nitrogens is 1. The van der Waals surface area contributed by atoms with Gasteiger partial charge in [-0.05, 0) is 36.6 Å². The maximum absolute atomic E-state index is 5.95. The maximum atomic E-state index is 5.95. The van der Waals surface area contributed by atoms with E-state index in [4.69, 9.17) is 33.7 Å². The van der Waals surface area contributed by atoms with Crippen molar-refractivity contribution >= 4 is 23.2 Å². The SMILES string of the molecule is CCC(N)Cc1cncc(Oc2ccc(Cl)c(Cl)c2)c1. The third kappa shape index (κ3) is 4.10. The van der Waals surface area contributed by atoms with E-state index in [1.54, 1.807) is 30.6 Å². The van der Waals surface area contributed by atoms with Crippen LogP contribution >= 0.6 is 23.2 Å². The second kappa shape index (κ2) is 6.93. The molecule has 0 saturated heterocycles. The second-order valence-corrected chi connectivity index (χ2v) is 5.39. The first-order valence-electron chi connectivity index (χ1n) is 6.41. The molecule has 0 spiro atoms. The van der Waals surface area contributed by atoms with Gasteiger partial charge in [0.25, 0.3) is 0 Å². The molecule has 20 heavy (non-hydrogen) atoms. The van der Waals surface area contributed by atoms with E-state index < -0.39 is 0 Å². The Morgan fingerprint density at radius 3 is 2.65 bits per heavy atom. The van der Waals surface area contributed by atoms with Crippen molar-refractivity contribution in [2.75, 3.05) is 0 Å². The lowest BCUT2D eigenvalue weighted by atomic mass is 10.1. The molecule has 0 radical (unpaired) electrons. The minimum Gasteiger partial charge on any atom is -0.456 e.